The molecular formula is C29H24N2O6. The minimum absolute atomic E-state index is 0.0446. The summed E-state index contributed by atoms with van der Waals surface area (Å²) in [6, 6.07) is 18.2. The summed E-state index contributed by atoms with van der Waals surface area (Å²) in [7, 11) is 3.11. The number of allylic oxidation sites excluding steroid dienone is 1. The zero-order valence-corrected chi connectivity index (χ0v) is 20.7. The molecule has 4 aromatic rings. The predicted octanol–water partition coefficient (Wildman–Crippen LogP) is 5.50. The van der Waals surface area contributed by atoms with Gasteiger partial charge in [-0.1, -0.05) is 18.2 Å². The summed E-state index contributed by atoms with van der Waals surface area (Å²) in [5.41, 5.74) is 10.1. The van der Waals surface area contributed by atoms with Gasteiger partial charge in [-0.25, -0.2) is 4.79 Å². The quantitative estimate of drug-likeness (QED) is 0.284. The van der Waals surface area contributed by atoms with E-state index in [1.54, 1.807) is 50.6 Å². The lowest BCUT2D eigenvalue weighted by Crippen LogP contribution is -2.21. The number of carbonyl (C=O) groups is 1. The minimum atomic E-state index is -0.630. The van der Waals surface area contributed by atoms with Crippen molar-refractivity contribution in [2.75, 3.05) is 14.2 Å². The Morgan fingerprint density at radius 3 is 2.49 bits per heavy atom. The number of hydrogen-bond acceptors (Lipinski definition) is 8. The van der Waals surface area contributed by atoms with Gasteiger partial charge in [0.1, 0.15) is 40.2 Å². The van der Waals surface area contributed by atoms with Crippen LogP contribution in [0.25, 0.3) is 11.0 Å². The normalized spacial score (nSPS) is 14.5. The van der Waals surface area contributed by atoms with E-state index in [2.05, 4.69) is 6.07 Å². The molecule has 8 heteroatoms. The van der Waals surface area contributed by atoms with E-state index in [0.29, 0.717) is 39.5 Å². The molecule has 5 rings (SSSR count). The molecule has 0 bridgehead atoms. The lowest BCUT2D eigenvalue weighted by Gasteiger charge is -2.28. The largest absolute Gasteiger partial charge is 0.497 e. The molecule has 1 aliphatic heterocycles. The number of esters is 1. The van der Waals surface area contributed by atoms with Crippen LogP contribution >= 0.6 is 0 Å². The zero-order valence-electron chi connectivity index (χ0n) is 20.7. The Morgan fingerprint density at radius 2 is 1.76 bits per heavy atom. The van der Waals surface area contributed by atoms with Crippen LogP contribution in [-0.4, -0.2) is 20.2 Å². The molecule has 0 spiro atoms. The van der Waals surface area contributed by atoms with Gasteiger partial charge >= 0.3 is 5.97 Å². The highest BCUT2D eigenvalue weighted by molar-refractivity contribution is 5.97. The second-order valence-electron chi connectivity index (χ2n) is 8.68. The number of nitrogens with two attached hydrogens (primary N) is 1. The van der Waals surface area contributed by atoms with Crippen molar-refractivity contribution >= 4 is 16.9 Å². The number of nitrogens with zero attached hydrogens (tertiary/aromatic N) is 1. The molecule has 2 heterocycles. The van der Waals surface area contributed by atoms with Gasteiger partial charge in [-0.3, -0.25) is 0 Å². The summed E-state index contributed by atoms with van der Waals surface area (Å²) in [5.74, 6) is 0.630. The highest BCUT2D eigenvalue weighted by atomic mass is 16.5. The van der Waals surface area contributed by atoms with Crippen LogP contribution in [0.5, 0.6) is 23.0 Å². The van der Waals surface area contributed by atoms with Crippen LogP contribution in [-0.2, 0) is 0 Å². The van der Waals surface area contributed by atoms with Gasteiger partial charge in [0, 0.05) is 28.1 Å². The average Bonchev–Trinajstić information content (AvgIpc) is 3.22. The summed E-state index contributed by atoms with van der Waals surface area (Å²) in [5, 5.41) is 10.7. The smallest absolute Gasteiger partial charge is 0.379 e. The van der Waals surface area contributed by atoms with E-state index in [0.717, 1.165) is 10.9 Å². The standard InChI is InChI=1S/C29H24N2O6/c1-15-5-8-19-16(2)27(36-24(19)11-15)29(32)35-18-6-9-20-25(13-18)37-28(31)22(14-30)26(20)21-12-17(33-3)7-10-23(21)34-4/h5-13,26H,31H2,1-4H3. The maximum absolute atomic E-state index is 13.0. The number of aryl methyl sites for hydroxylation is 2. The predicted molar refractivity (Wildman–Crippen MR) is 136 cm³/mol. The number of nitriles is 1. The fourth-order valence-electron chi connectivity index (χ4n) is 4.56. The molecule has 0 aliphatic carbocycles. The van der Waals surface area contributed by atoms with Gasteiger partial charge in [-0.2, -0.15) is 5.26 Å². The molecule has 1 aromatic heterocycles. The highest BCUT2D eigenvalue weighted by Crippen LogP contribution is 2.46. The average molecular weight is 497 g/mol. The summed E-state index contributed by atoms with van der Waals surface area (Å²) < 4.78 is 28.2. The van der Waals surface area contributed by atoms with E-state index in [-0.39, 0.29) is 23.0 Å². The van der Waals surface area contributed by atoms with Crippen molar-refractivity contribution in [3.05, 3.63) is 94.1 Å². The Kier molecular flexibility index (Phi) is 5.98. The maximum atomic E-state index is 13.0. The Labute approximate surface area is 213 Å². The van der Waals surface area contributed by atoms with Crippen molar-refractivity contribution < 1.29 is 28.2 Å². The number of carbonyl (C=O) groups excluding carboxylic acids is 1. The van der Waals surface area contributed by atoms with Crippen molar-refractivity contribution in [3.8, 4) is 29.1 Å². The second-order valence-corrected chi connectivity index (χ2v) is 8.68. The number of hydrogen-bond donors (Lipinski definition) is 1. The Bertz CT molecular complexity index is 1630. The second kappa shape index (κ2) is 9.28. The first-order chi connectivity index (χ1) is 17.8. The molecule has 37 heavy (non-hydrogen) atoms. The number of fused-ring (bicyclic) bond motifs is 2. The molecule has 3 aromatic carbocycles. The van der Waals surface area contributed by atoms with Crippen molar-refractivity contribution in [1.29, 1.82) is 5.26 Å². The van der Waals surface area contributed by atoms with E-state index in [1.165, 1.54) is 0 Å². The molecule has 1 aliphatic rings. The monoisotopic (exact) mass is 496 g/mol. The van der Waals surface area contributed by atoms with Gasteiger partial charge in [0.25, 0.3) is 0 Å². The van der Waals surface area contributed by atoms with Gasteiger partial charge in [0.05, 0.1) is 20.1 Å². The van der Waals surface area contributed by atoms with Crippen molar-refractivity contribution in [2.24, 2.45) is 5.73 Å². The van der Waals surface area contributed by atoms with E-state index in [9.17, 15) is 10.1 Å². The Morgan fingerprint density at radius 1 is 0.973 bits per heavy atom. The van der Waals surface area contributed by atoms with E-state index >= 15 is 0 Å². The van der Waals surface area contributed by atoms with Crippen molar-refractivity contribution in [1.82, 2.24) is 0 Å². The van der Waals surface area contributed by atoms with Crippen molar-refractivity contribution in [2.45, 2.75) is 19.8 Å². The third-order valence-corrected chi connectivity index (χ3v) is 6.43. The lowest BCUT2D eigenvalue weighted by atomic mass is 9.83. The first-order valence-electron chi connectivity index (χ1n) is 11.5. The molecule has 1 atom stereocenters. The summed E-state index contributed by atoms with van der Waals surface area (Å²) in [6.07, 6.45) is 0. The Balaban J connectivity index is 1.53. The molecule has 1 unspecified atom stereocenters. The van der Waals surface area contributed by atoms with Crippen molar-refractivity contribution in [3.63, 3.8) is 0 Å². The summed E-state index contributed by atoms with van der Waals surface area (Å²) in [6.45, 7) is 3.77. The number of methoxy groups -OCH3 is 2. The van der Waals surface area contributed by atoms with E-state index < -0.39 is 11.9 Å². The number of ether oxygens (including phenoxy) is 4. The molecule has 2 N–H and O–H groups in total. The molecular weight excluding hydrogens is 472 g/mol. The fourth-order valence-corrected chi connectivity index (χ4v) is 4.56. The van der Waals surface area contributed by atoms with Gasteiger partial charge in [-0.05, 0) is 49.7 Å². The van der Waals surface area contributed by atoms with Crippen LogP contribution in [0.4, 0.5) is 0 Å². The number of benzene rings is 3. The highest BCUT2D eigenvalue weighted by Gasteiger charge is 2.33. The summed E-state index contributed by atoms with van der Waals surface area (Å²) in [4.78, 5) is 13.0. The molecule has 186 valence electrons. The van der Waals surface area contributed by atoms with Crippen LogP contribution in [0, 0.1) is 25.2 Å². The maximum Gasteiger partial charge on any atom is 0.379 e. The van der Waals surface area contributed by atoms with Gasteiger partial charge in [0.2, 0.25) is 11.6 Å². The first-order valence-corrected chi connectivity index (χ1v) is 11.5. The molecule has 0 saturated heterocycles. The van der Waals surface area contributed by atoms with Crippen LogP contribution in [0.15, 0.2) is 70.5 Å². The SMILES string of the molecule is COc1ccc(OC)c(C2C(C#N)=C(N)Oc3cc(OC(=O)c4oc5cc(C)ccc5c4C)ccc32)c1. The van der Waals surface area contributed by atoms with Gasteiger partial charge < -0.3 is 29.1 Å². The zero-order chi connectivity index (χ0) is 26.3. The molecule has 8 nitrogen and oxygen atoms in total. The topological polar surface area (TPSA) is 117 Å². The molecule has 0 fully saturated rings. The van der Waals surface area contributed by atoms with Crippen LogP contribution in [0.3, 0.4) is 0 Å². The van der Waals surface area contributed by atoms with Gasteiger partial charge in [-0.15, -0.1) is 0 Å². The fraction of sp³-hybridized carbons (Fsp3) is 0.172. The minimum Gasteiger partial charge on any atom is -0.497 e. The molecule has 0 saturated carbocycles. The lowest BCUT2D eigenvalue weighted by molar-refractivity contribution is 0.0702. The third kappa shape index (κ3) is 4.10. The number of furan rings is 1. The van der Waals surface area contributed by atoms with Crippen LogP contribution in [0.2, 0.25) is 0 Å². The first kappa shape index (κ1) is 23.8. The van der Waals surface area contributed by atoms with Gasteiger partial charge in [0.15, 0.2) is 0 Å². The van der Waals surface area contributed by atoms with E-state index in [1.807, 2.05) is 32.0 Å². The third-order valence-electron chi connectivity index (χ3n) is 6.43. The van der Waals surface area contributed by atoms with Crippen LogP contribution < -0.4 is 24.7 Å². The van der Waals surface area contributed by atoms with E-state index in [4.69, 9.17) is 29.1 Å². The molecule has 0 amide bonds. The van der Waals surface area contributed by atoms with Crippen LogP contribution in [0.1, 0.15) is 38.7 Å². The molecule has 0 radical (unpaired) electrons. The number of rotatable bonds is 5. The Hall–Kier alpha value is -4.90. The summed E-state index contributed by atoms with van der Waals surface area (Å²) >= 11 is 0.